The molecule has 0 amide bonds. The van der Waals surface area contributed by atoms with Crippen LogP contribution in [0.5, 0.6) is 0 Å². The molecular weight excluding hydrogens is 318 g/mol. The molecule has 1 saturated heterocycles. The summed E-state index contributed by atoms with van der Waals surface area (Å²) in [6.07, 6.45) is 6.99. The molecule has 1 aliphatic carbocycles. The van der Waals surface area contributed by atoms with Crippen molar-refractivity contribution >= 4 is 11.4 Å². The number of anilines is 1. The standard InChI is InChI=1S/C19H29N3O3/c1-14-8-10-21(11-9-14)17-5-3-16(4-6-17)20-18-12-15(13-23)2-7-19(18)22(24)25/h2,7,12,14,16-17,20,23H,3-6,8-11,13H2,1H3. The van der Waals surface area contributed by atoms with E-state index in [1.54, 1.807) is 12.1 Å². The number of benzene rings is 1. The van der Waals surface area contributed by atoms with Crippen LogP contribution in [0.2, 0.25) is 0 Å². The van der Waals surface area contributed by atoms with E-state index in [0.717, 1.165) is 31.6 Å². The summed E-state index contributed by atoms with van der Waals surface area (Å²) in [4.78, 5) is 13.5. The Labute approximate surface area is 149 Å². The minimum Gasteiger partial charge on any atom is -0.392 e. The lowest BCUT2D eigenvalue weighted by Crippen LogP contribution is -2.44. The van der Waals surface area contributed by atoms with E-state index in [-0.39, 0.29) is 23.3 Å². The summed E-state index contributed by atoms with van der Waals surface area (Å²) in [5, 5.41) is 23.9. The predicted octanol–water partition coefficient (Wildman–Crippen LogP) is 3.54. The van der Waals surface area contributed by atoms with Gasteiger partial charge < -0.3 is 15.3 Å². The Morgan fingerprint density at radius 2 is 1.88 bits per heavy atom. The van der Waals surface area contributed by atoms with Gasteiger partial charge in [-0.25, -0.2) is 0 Å². The van der Waals surface area contributed by atoms with Crippen molar-refractivity contribution in [2.75, 3.05) is 18.4 Å². The Morgan fingerprint density at radius 3 is 2.48 bits per heavy atom. The zero-order chi connectivity index (χ0) is 17.8. The summed E-state index contributed by atoms with van der Waals surface area (Å²) < 4.78 is 0. The molecule has 1 saturated carbocycles. The average Bonchev–Trinajstić information content (AvgIpc) is 2.63. The van der Waals surface area contributed by atoms with Gasteiger partial charge in [0.1, 0.15) is 5.69 Å². The van der Waals surface area contributed by atoms with E-state index >= 15 is 0 Å². The second-order valence-electron chi connectivity index (χ2n) is 7.64. The highest BCUT2D eigenvalue weighted by Crippen LogP contribution is 2.32. The number of hydrogen-bond donors (Lipinski definition) is 2. The Balaban J connectivity index is 1.58. The Kier molecular flexibility index (Phi) is 5.91. The van der Waals surface area contributed by atoms with Crippen molar-refractivity contribution in [3.63, 3.8) is 0 Å². The maximum Gasteiger partial charge on any atom is 0.292 e. The summed E-state index contributed by atoms with van der Waals surface area (Å²) in [7, 11) is 0. The molecule has 6 heteroatoms. The zero-order valence-corrected chi connectivity index (χ0v) is 15.0. The quantitative estimate of drug-likeness (QED) is 0.629. The molecule has 0 atom stereocenters. The Morgan fingerprint density at radius 1 is 1.20 bits per heavy atom. The third kappa shape index (κ3) is 4.50. The Hall–Kier alpha value is -1.66. The molecule has 0 radical (unpaired) electrons. The number of nitrogens with one attached hydrogen (secondary N) is 1. The minimum absolute atomic E-state index is 0.0874. The van der Waals surface area contributed by atoms with Crippen LogP contribution in [0, 0.1) is 16.0 Å². The van der Waals surface area contributed by atoms with Crippen molar-refractivity contribution < 1.29 is 10.0 Å². The van der Waals surface area contributed by atoms with E-state index in [1.165, 1.54) is 32.0 Å². The van der Waals surface area contributed by atoms with Crippen LogP contribution in [-0.4, -0.2) is 40.1 Å². The van der Waals surface area contributed by atoms with Crippen LogP contribution in [0.3, 0.4) is 0 Å². The second kappa shape index (κ2) is 8.15. The van der Waals surface area contributed by atoms with Crippen LogP contribution < -0.4 is 5.32 Å². The summed E-state index contributed by atoms with van der Waals surface area (Å²) in [6.45, 7) is 4.67. The van der Waals surface area contributed by atoms with Gasteiger partial charge in [0.25, 0.3) is 5.69 Å². The number of aliphatic hydroxyl groups excluding tert-OH is 1. The third-order valence-electron chi connectivity index (χ3n) is 5.83. The smallest absolute Gasteiger partial charge is 0.292 e. The molecule has 0 aromatic heterocycles. The van der Waals surface area contributed by atoms with Gasteiger partial charge in [0, 0.05) is 18.2 Å². The monoisotopic (exact) mass is 347 g/mol. The normalized spacial score (nSPS) is 25.7. The number of nitrogens with zero attached hydrogens (tertiary/aromatic N) is 2. The summed E-state index contributed by atoms with van der Waals surface area (Å²) >= 11 is 0. The fourth-order valence-electron chi connectivity index (χ4n) is 4.16. The molecular formula is C19H29N3O3. The lowest BCUT2D eigenvalue weighted by Gasteiger charge is -2.40. The highest BCUT2D eigenvalue weighted by molar-refractivity contribution is 5.63. The van der Waals surface area contributed by atoms with E-state index < -0.39 is 0 Å². The summed E-state index contributed by atoms with van der Waals surface area (Å²) in [5.74, 6) is 0.855. The predicted molar refractivity (Wildman–Crippen MR) is 98.7 cm³/mol. The fraction of sp³-hybridized carbons (Fsp3) is 0.684. The summed E-state index contributed by atoms with van der Waals surface area (Å²) in [5.41, 5.74) is 1.32. The van der Waals surface area contributed by atoms with Crippen molar-refractivity contribution in [3.05, 3.63) is 33.9 Å². The van der Waals surface area contributed by atoms with Gasteiger partial charge in [-0.2, -0.15) is 0 Å². The van der Waals surface area contributed by atoms with Gasteiger partial charge in [-0.1, -0.05) is 6.92 Å². The maximum atomic E-state index is 11.2. The highest BCUT2D eigenvalue weighted by atomic mass is 16.6. The topological polar surface area (TPSA) is 78.6 Å². The van der Waals surface area contributed by atoms with Gasteiger partial charge in [0.05, 0.1) is 11.5 Å². The lowest BCUT2D eigenvalue weighted by atomic mass is 9.88. The van der Waals surface area contributed by atoms with E-state index in [0.29, 0.717) is 17.3 Å². The fourth-order valence-corrected chi connectivity index (χ4v) is 4.16. The number of nitro benzene ring substituents is 1. The van der Waals surface area contributed by atoms with Gasteiger partial charge in [0.2, 0.25) is 0 Å². The number of likely N-dealkylation sites (tertiary alicyclic amines) is 1. The van der Waals surface area contributed by atoms with Crippen molar-refractivity contribution in [2.45, 2.75) is 64.1 Å². The zero-order valence-electron chi connectivity index (χ0n) is 15.0. The van der Waals surface area contributed by atoms with E-state index in [1.807, 2.05) is 0 Å². The van der Waals surface area contributed by atoms with Gasteiger partial charge in [0.15, 0.2) is 0 Å². The second-order valence-corrected chi connectivity index (χ2v) is 7.64. The molecule has 0 bridgehead atoms. The van der Waals surface area contributed by atoms with E-state index in [2.05, 4.69) is 17.1 Å². The molecule has 1 aromatic carbocycles. The van der Waals surface area contributed by atoms with Crippen LogP contribution in [-0.2, 0) is 6.61 Å². The number of hydrogen-bond acceptors (Lipinski definition) is 5. The molecule has 0 spiro atoms. The van der Waals surface area contributed by atoms with Crippen molar-refractivity contribution in [1.29, 1.82) is 0 Å². The SMILES string of the molecule is CC1CCN(C2CCC(Nc3cc(CO)ccc3[N+](=O)[O-])CC2)CC1. The van der Waals surface area contributed by atoms with Gasteiger partial charge >= 0.3 is 0 Å². The Bertz CT molecular complexity index is 592. The molecule has 0 unspecified atom stereocenters. The van der Waals surface area contributed by atoms with Crippen LogP contribution in [0.4, 0.5) is 11.4 Å². The van der Waals surface area contributed by atoms with Crippen molar-refractivity contribution in [3.8, 4) is 0 Å². The number of aliphatic hydroxyl groups is 1. The minimum atomic E-state index is -0.357. The van der Waals surface area contributed by atoms with Crippen LogP contribution >= 0.6 is 0 Å². The van der Waals surface area contributed by atoms with Gasteiger partial charge in [-0.05, 0) is 75.2 Å². The molecule has 6 nitrogen and oxygen atoms in total. The molecule has 1 aliphatic heterocycles. The first-order valence-corrected chi connectivity index (χ1v) is 9.45. The molecule has 2 fully saturated rings. The lowest BCUT2D eigenvalue weighted by molar-refractivity contribution is -0.384. The molecule has 1 heterocycles. The molecule has 1 aromatic rings. The van der Waals surface area contributed by atoms with Gasteiger partial charge in [-0.3, -0.25) is 10.1 Å². The first-order chi connectivity index (χ1) is 12.1. The molecule has 138 valence electrons. The summed E-state index contributed by atoms with van der Waals surface area (Å²) in [6, 6.07) is 5.74. The van der Waals surface area contributed by atoms with Crippen LogP contribution in [0.15, 0.2) is 18.2 Å². The largest absolute Gasteiger partial charge is 0.392 e. The van der Waals surface area contributed by atoms with Crippen molar-refractivity contribution in [1.82, 2.24) is 4.90 Å². The number of nitro groups is 1. The van der Waals surface area contributed by atoms with Crippen molar-refractivity contribution in [2.24, 2.45) is 5.92 Å². The van der Waals surface area contributed by atoms with Crippen LogP contribution in [0.25, 0.3) is 0 Å². The molecule has 25 heavy (non-hydrogen) atoms. The molecule has 3 rings (SSSR count). The van der Waals surface area contributed by atoms with Crippen LogP contribution in [0.1, 0.15) is 51.0 Å². The number of piperidine rings is 1. The maximum absolute atomic E-state index is 11.2. The molecule has 2 aliphatic rings. The first kappa shape index (κ1) is 18.1. The highest BCUT2D eigenvalue weighted by Gasteiger charge is 2.28. The number of rotatable bonds is 5. The van der Waals surface area contributed by atoms with E-state index in [9.17, 15) is 15.2 Å². The average molecular weight is 347 g/mol. The molecule has 2 N–H and O–H groups in total. The van der Waals surface area contributed by atoms with E-state index in [4.69, 9.17) is 0 Å². The first-order valence-electron chi connectivity index (χ1n) is 9.45. The van der Waals surface area contributed by atoms with Gasteiger partial charge in [-0.15, -0.1) is 0 Å². The third-order valence-corrected chi connectivity index (χ3v) is 5.83.